The predicted molar refractivity (Wildman–Crippen MR) is 78.0 cm³/mol. The van der Waals surface area contributed by atoms with Crippen LogP contribution in [0.25, 0.3) is 0 Å². The summed E-state index contributed by atoms with van der Waals surface area (Å²) in [6, 6.07) is 6.49. The number of nitrogens with zero attached hydrogens (tertiary/aromatic N) is 2. The number of benzene rings is 1. The van der Waals surface area contributed by atoms with Gasteiger partial charge in [-0.15, -0.1) is 0 Å². The highest BCUT2D eigenvalue weighted by molar-refractivity contribution is 7.89. The molecule has 1 aromatic heterocycles. The van der Waals surface area contributed by atoms with E-state index in [1.165, 1.54) is 18.2 Å². The number of imidazole rings is 1. The maximum Gasteiger partial charge on any atom is 0.240 e. The average molecular weight is 304 g/mol. The molecule has 0 fully saturated rings. The summed E-state index contributed by atoms with van der Waals surface area (Å²) in [5.41, 5.74) is 1.13. The van der Waals surface area contributed by atoms with Gasteiger partial charge in [0.1, 0.15) is 5.82 Å². The number of nitriles is 1. The third-order valence-electron chi connectivity index (χ3n) is 3.07. The molecule has 1 heterocycles. The van der Waals surface area contributed by atoms with Crippen LogP contribution >= 0.6 is 0 Å². The molecular formula is C14H16N4O2S. The van der Waals surface area contributed by atoms with Gasteiger partial charge in [0.25, 0.3) is 0 Å². The molecule has 0 atom stereocenters. The molecule has 2 rings (SSSR count). The van der Waals surface area contributed by atoms with Gasteiger partial charge in [-0.2, -0.15) is 5.26 Å². The van der Waals surface area contributed by atoms with Crippen molar-refractivity contribution in [2.24, 2.45) is 0 Å². The third kappa shape index (κ3) is 3.90. The van der Waals surface area contributed by atoms with Crippen LogP contribution in [0, 0.1) is 18.3 Å². The molecular weight excluding hydrogens is 288 g/mol. The molecule has 0 aliphatic rings. The van der Waals surface area contributed by atoms with Crippen molar-refractivity contribution in [1.82, 2.24) is 14.7 Å². The topological polar surface area (TPSA) is 98.6 Å². The molecule has 2 aromatic rings. The van der Waals surface area contributed by atoms with Crippen molar-refractivity contribution in [2.75, 3.05) is 6.54 Å². The van der Waals surface area contributed by atoms with E-state index in [9.17, 15) is 8.42 Å². The van der Waals surface area contributed by atoms with E-state index in [0.29, 0.717) is 30.5 Å². The van der Waals surface area contributed by atoms with Crippen LogP contribution in [0.2, 0.25) is 0 Å². The van der Waals surface area contributed by atoms with Crippen LogP contribution in [0.1, 0.15) is 23.4 Å². The van der Waals surface area contributed by atoms with Gasteiger partial charge in [0.2, 0.25) is 10.0 Å². The van der Waals surface area contributed by atoms with E-state index in [-0.39, 0.29) is 4.90 Å². The van der Waals surface area contributed by atoms with E-state index in [1.807, 2.05) is 6.07 Å². The summed E-state index contributed by atoms with van der Waals surface area (Å²) in [5.74, 6) is 0.836. The molecule has 0 spiro atoms. The fourth-order valence-corrected chi connectivity index (χ4v) is 3.07. The summed E-state index contributed by atoms with van der Waals surface area (Å²) < 4.78 is 26.8. The molecule has 0 unspecified atom stereocenters. The molecule has 0 saturated carbocycles. The number of sulfonamides is 1. The fourth-order valence-electron chi connectivity index (χ4n) is 1.91. The standard InChI is InChI=1S/C14H16N4O2S/c1-11-9-13(5-4-12(11)10-15)21(19,20)18-6-2-3-14-16-7-8-17-14/h4-5,7-9,18H,2-3,6H2,1H3,(H,16,17). The predicted octanol–water partition coefficient (Wildman–Crippen LogP) is 1.50. The highest BCUT2D eigenvalue weighted by Gasteiger charge is 2.14. The number of H-pyrrole nitrogens is 1. The van der Waals surface area contributed by atoms with Gasteiger partial charge in [-0.1, -0.05) is 0 Å². The zero-order valence-electron chi connectivity index (χ0n) is 11.6. The summed E-state index contributed by atoms with van der Waals surface area (Å²) in [5, 5.41) is 8.85. The number of aromatic nitrogens is 2. The van der Waals surface area contributed by atoms with Crippen LogP contribution < -0.4 is 4.72 Å². The Labute approximate surface area is 123 Å². The monoisotopic (exact) mass is 304 g/mol. The minimum absolute atomic E-state index is 0.178. The van der Waals surface area contributed by atoms with Crippen molar-refractivity contribution in [3.63, 3.8) is 0 Å². The Balaban J connectivity index is 1.95. The minimum atomic E-state index is -3.54. The summed E-state index contributed by atoms with van der Waals surface area (Å²) >= 11 is 0. The fraction of sp³-hybridized carbons (Fsp3) is 0.286. The first-order valence-corrected chi connectivity index (χ1v) is 8.00. The Morgan fingerprint density at radius 2 is 2.24 bits per heavy atom. The first-order chi connectivity index (χ1) is 10.0. The SMILES string of the molecule is Cc1cc(S(=O)(=O)NCCCc2ncc[nH]2)ccc1C#N. The number of hydrogen-bond donors (Lipinski definition) is 2. The van der Waals surface area contributed by atoms with E-state index >= 15 is 0 Å². The molecule has 110 valence electrons. The average Bonchev–Trinajstić information content (AvgIpc) is 2.97. The second kappa shape index (κ2) is 6.52. The van der Waals surface area contributed by atoms with Crippen molar-refractivity contribution >= 4 is 10.0 Å². The number of aryl methyl sites for hydroxylation is 2. The van der Waals surface area contributed by atoms with E-state index in [2.05, 4.69) is 14.7 Å². The van der Waals surface area contributed by atoms with Crippen LogP contribution in [0.3, 0.4) is 0 Å². The second-order valence-corrected chi connectivity index (χ2v) is 6.39. The van der Waals surface area contributed by atoms with Crippen LogP contribution in [-0.2, 0) is 16.4 Å². The molecule has 6 nitrogen and oxygen atoms in total. The zero-order valence-corrected chi connectivity index (χ0v) is 12.4. The number of hydrogen-bond acceptors (Lipinski definition) is 4. The molecule has 1 aromatic carbocycles. The molecule has 7 heteroatoms. The van der Waals surface area contributed by atoms with Crippen LogP contribution in [0.5, 0.6) is 0 Å². The Bertz CT molecular complexity index is 746. The smallest absolute Gasteiger partial charge is 0.240 e. The molecule has 0 radical (unpaired) electrons. The minimum Gasteiger partial charge on any atom is -0.349 e. The maximum atomic E-state index is 12.1. The Morgan fingerprint density at radius 3 is 2.86 bits per heavy atom. The van der Waals surface area contributed by atoms with Gasteiger partial charge < -0.3 is 4.98 Å². The van der Waals surface area contributed by atoms with Gasteiger partial charge in [0, 0.05) is 25.4 Å². The first kappa shape index (κ1) is 15.2. The van der Waals surface area contributed by atoms with E-state index in [0.717, 1.165) is 5.82 Å². The molecule has 2 N–H and O–H groups in total. The van der Waals surface area contributed by atoms with Crippen molar-refractivity contribution in [3.05, 3.63) is 47.5 Å². The Morgan fingerprint density at radius 1 is 1.43 bits per heavy atom. The van der Waals surface area contributed by atoms with Crippen molar-refractivity contribution < 1.29 is 8.42 Å². The summed E-state index contributed by atoms with van der Waals surface area (Å²) in [6.07, 6.45) is 4.74. The normalized spacial score (nSPS) is 11.2. The van der Waals surface area contributed by atoms with Crippen molar-refractivity contribution in [3.8, 4) is 6.07 Å². The van der Waals surface area contributed by atoms with Gasteiger partial charge in [0.05, 0.1) is 16.5 Å². The summed E-state index contributed by atoms with van der Waals surface area (Å²) in [4.78, 5) is 7.22. The first-order valence-electron chi connectivity index (χ1n) is 6.51. The third-order valence-corrected chi connectivity index (χ3v) is 4.52. The van der Waals surface area contributed by atoms with Crippen molar-refractivity contribution in [1.29, 1.82) is 5.26 Å². The second-order valence-electron chi connectivity index (χ2n) is 4.63. The molecule has 0 amide bonds. The zero-order chi connectivity index (χ0) is 15.3. The quantitative estimate of drug-likeness (QED) is 0.790. The van der Waals surface area contributed by atoms with Crippen LogP contribution in [-0.4, -0.2) is 24.9 Å². The van der Waals surface area contributed by atoms with E-state index in [4.69, 9.17) is 5.26 Å². The highest BCUT2D eigenvalue weighted by Crippen LogP contribution is 2.14. The molecule has 0 bridgehead atoms. The van der Waals surface area contributed by atoms with Gasteiger partial charge in [-0.05, 0) is 37.1 Å². The number of rotatable bonds is 6. The summed E-state index contributed by atoms with van der Waals surface area (Å²) in [6.45, 7) is 2.05. The van der Waals surface area contributed by atoms with Gasteiger partial charge in [-0.3, -0.25) is 0 Å². The largest absolute Gasteiger partial charge is 0.349 e. The van der Waals surface area contributed by atoms with Crippen molar-refractivity contribution in [2.45, 2.75) is 24.7 Å². The Kier molecular flexibility index (Phi) is 4.73. The van der Waals surface area contributed by atoms with Crippen LogP contribution in [0.15, 0.2) is 35.5 Å². The van der Waals surface area contributed by atoms with E-state index < -0.39 is 10.0 Å². The molecule has 0 saturated heterocycles. The van der Waals surface area contributed by atoms with Gasteiger partial charge in [-0.25, -0.2) is 18.1 Å². The molecule has 0 aliphatic heterocycles. The number of aromatic amines is 1. The Hall–Kier alpha value is -2.17. The van der Waals surface area contributed by atoms with E-state index in [1.54, 1.807) is 19.3 Å². The lowest BCUT2D eigenvalue weighted by Gasteiger charge is -2.07. The van der Waals surface area contributed by atoms with Gasteiger partial charge >= 0.3 is 0 Å². The van der Waals surface area contributed by atoms with Crippen LogP contribution in [0.4, 0.5) is 0 Å². The lowest BCUT2D eigenvalue weighted by atomic mass is 10.1. The van der Waals surface area contributed by atoms with Gasteiger partial charge in [0.15, 0.2) is 0 Å². The summed E-state index contributed by atoms with van der Waals surface area (Å²) in [7, 11) is -3.54. The molecule has 21 heavy (non-hydrogen) atoms. The molecule has 0 aliphatic carbocycles. The number of nitrogens with one attached hydrogen (secondary N) is 2. The lowest BCUT2D eigenvalue weighted by Crippen LogP contribution is -2.25. The highest BCUT2D eigenvalue weighted by atomic mass is 32.2. The maximum absolute atomic E-state index is 12.1. The lowest BCUT2D eigenvalue weighted by molar-refractivity contribution is 0.578.